The van der Waals surface area contributed by atoms with Gasteiger partial charge in [0.1, 0.15) is 0 Å². The number of nitrogens with zero attached hydrogens (tertiary/aromatic N) is 1. The summed E-state index contributed by atoms with van der Waals surface area (Å²) in [4.78, 5) is 12.0. The third kappa shape index (κ3) is 4.48. The molecule has 0 saturated heterocycles. The number of benzene rings is 1. The molecule has 0 fully saturated rings. The summed E-state index contributed by atoms with van der Waals surface area (Å²) in [6.07, 6.45) is 0.418. The highest BCUT2D eigenvalue weighted by Gasteiger charge is 2.07. The molecule has 1 amide bonds. The summed E-state index contributed by atoms with van der Waals surface area (Å²) in [6, 6.07) is 8.80. The number of aryl methyl sites for hydroxylation is 1. The van der Waals surface area contributed by atoms with Crippen molar-refractivity contribution in [3.63, 3.8) is 0 Å². The minimum absolute atomic E-state index is 0.0315. The molecule has 2 aromatic rings. The van der Waals surface area contributed by atoms with Crippen LogP contribution in [0.3, 0.4) is 0 Å². The molecule has 0 aliphatic rings. The molecule has 0 saturated carbocycles. The Morgan fingerprint density at radius 1 is 1.43 bits per heavy atom. The van der Waals surface area contributed by atoms with Gasteiger partial charge in [-0.1, -0.05) is 23.1 Å². The molecule has 5 heteroatoms. The van der Waals surface area contributed by atoms with E-state index >= 15 is 0 Å². The number of aliphatic hydroxyl groups is 1. The molecule has 1 aromatic carbocycles. The number of aliphatic hydroxyl groups excluding tert-OH is 1. The first kappa shape index (κ1) is 14.8. The van der Waals surface area contributed by atoms with Crippen LogP contribution in [0.25, 0.3) is 0 Å². The van der Waals surface area contributed by atoms with Gasteiger partial charge in [-0.25, -0.2) is 0 Å². The van der Waals surface area contributed by atoms with Gasteiger partial charge in [-0.15, -0.1) is 0 Å². The van der Waals surface area contributed by atoms with Crippen LogP contribution in [0.4, 0.5) is 0 Å². The molecule has 5 nitrogen and oxygen atoms in total. The number of rotatable bonds is 4. The molecule has 0 spiro atoms. The molecule has 2 N–H and O–H groups in total. The Morgan fingerprint density at radius 3 is 3.00 bits per heavy atom. The van der Waals surface area contributed by atoms with E-state index in [1.807, 2.05) is 13.0 Å². The van der Waals surface area contributed by atoms with Crippen molar-refractivity contribution in [3.8, 4) is 11.8 Å². The van der Waals surface area contributed by atoms with E-state index in [0.29, 0.717) is 24.3 Å². The van der Waals surface area contributed by atoms with Crippen LogP contribution in [0, 0.1) is 18.8 Å². The van der Waals surface area contributed by atoms with E-state index in [1.54, 1.807) is 24.3 Å². The van der Waals surface area contributed by atoms with Crippen molar-refractivity contribution in [1.82, 2.24) is 10.5 Å². The van der Waals surface area contributed by atoms with Gasteiger partial charge < -0.3 is 14.9 Å². The van der Waals surface area contributed by atoms with E-state index in [1.165, 1.54) is 0 Å². The Morgan fingerprint density at radius 2 is 2.29 bits per heavy atom. The fourth-order valence-electron chi connectivity index (χ4n) is 1.73. The summed E-state index contributed by atoms with van der Waals surface area (Å²) in [5.74, 6) is 6.13. The van der Waals surface area contributed by atoms with E-state index < -0.39 is 0 Å². The molecule has 0 aliphatic heterocycles. The van der Waals surface area contributed by atoms with Gasteiger partial charge >= 0.3 is 0 Å². The van der Waals surface area contributed by atoms with Gasteiger partial charge in [0.05, 0.1) is 18.8 Å². The largest absolute Gasteiger partial charge is 0.395 e. The van der Waals surface area contributed by atoms with E-state index in [9.17, 15) is 4.79 Å². The first-order valence-corrected chi connectivity index (χ1v) is 6.59. The lowest BCUT2D eigenvalue weighted by Crippen LogP contribution is -2.22. The Kier molecular flexibility index (Phi) is 5.13. The van der Waals surface area contributed by atoms with Crippen LogP contribution < -0.4 is 5.32 Å². The standard InChI is InChI=1S/C16H16N2O3/c1-12-9-15(21-18-12)11-17-16(20)14-7-4-6-13(10-14)5-2-3-8-19/h4,6-7,9-10,19H,3,8,11H2,1H3,(H,17,20). The van der Waals surface area contributed by atoms with Crippen LogP contribution in [-0.2, 0) is 6.54 Å². The van der Waals surface area contributed by atoms with E-state index in [-0.39, 0.29) is 12.5 Å². The highest BCUT2D eigenvalue weighted by molar-refractivity contribution is 5.94. The second-order valence-corrected chi connectivity index (χ2v) is 4.47. The number of amides is 1. The summed E-state index contributed by atoms with van der Waals surface area (Å²) in [7, 11) is 0. The molecule has 0 aliphatic carbocycles. The van der Waals surface area contributed by atoms with Crippen LogP contribution >= 0.6 is 0 Å². The third-order valence-electron chi connectivity index (χ3n) is 2.69. The van der Waals surface area contributed by atoms with Crippen LogP contribution in [0.2, 0.25) is 0 Å². The Labute approximate surface area is 123 Å². The average molecular weight is 284 g/mol. The predicted octanol–water partition coefficient (Wildman–Crippen LogP) is 1.65. The van der Waals surface area contributed by atoms with Gasteiger partial charge in [0.2, 0.25) is 0 Å². The molecule has 2 rings (SSSR count). The fourth-order valence-corrected chi connectivity index (χ4v) is 1.73. The van der Waals surface area contributed by atoms with Gasteiger partial charge in [0, 0.05) is 23.6 Å². The van der Waals surface area contributed by atoms with Crippen molar-refractivity contribution in [2.45, 2.75) is 19.9 Å². The zero-order chi connectivity index (χ0) is 15.1. The monoisotopic (exact) mass is 284 g/mol. The van der Waals surface area contributed by atoms with Gasteiger partial charge in [0.25, 0.3) is 5.91 Å². The van der Waals surface area contributed by atoms with Crippen molar-refractivity contribution >= 4 is 5.91 Å². The van der Waals surface area contributed by atoms with Crippen LogP contribution in [-0.4, -0.2) is 22.8 Å². The Hall–Kier alpha value is -2.58. The first-order valence-electron chi connectivity index (χ1n) is 6.59. The molecule has 108 valence electrons. The fraction of sp³-hybridized carbons (Fsp3) is 0.250. The van der Waals surface area contributed by atoms with Gasteiger partial charge in [-0.05, 0) is 25.1 Å². The second-order valence-electron chi connectivity index (χ2n) is 4.47. The number of hydrogen-bond acceptors (Lipinski definition) is 4. The topological polar surface area (TPSA) is 75.4 Å². The summed E-state index contributed by atoms with van der Waals surface area (Å²) in [5.41, 5.74) is 2.05. The molecule has 1 aromatic heterocycles. The van der Waals surface area contributed by atoms with Crippen LogP contribution in [0.1, 0.15) is 33.8 Å². The summed E-state index contributed by atoms with van der Waals surface area (Å²) in [6.45, 7) is 2.15. The normalized spacial score (nSPS) is 9.81. The highest BCUT2D eigenvalue weighted by Crippen LogP contribution is 2.06. The maximum Gasteiger partial charge on any atom is 0.251 e. The summed E-state index contributed by atoms with van der Waals surface area (Å²) in [5, 5.41) is 15.2. The van der Waals surface area contributed by atoms with Crippen molar-refractivity contribution in [2.24, 2.45) is 0 Å². The van der Waals surface area contributed by atoms with Crippen LogP contribution in [0.15, 0.2) is 34.9 Å². The Balaban J connectivity index is 1.99. The number of hydrogen-bond donors (Lipinski definition) is 2. The molecule has 0 radical (unpaired) electrons. The zero-order valence-electron chi connectivity index (χ0n) is 11.7. The molecule has 0 bridgehead atoms. The lowest BCUT2D eigenvalue weighted by atomic mass is 10.1. The summed E-state index contributed by atoms with van der Waals surface area (Å²) < 4.78 is 5.03. The maximum atomic E-state index is 12.0. The zero-order valence-corrected chi connectivity index (χ0v) is 11.7. The minimum Gasteiger partial charge on any atom is -0.395 e. The lowest BCUT2D eigenvalue weighted by molar-refractivity contribution is 0.0947. The molecule has 0 atom stereocenters. The smallest absolute Gasteiger partial charge is 0.251 e. The van der Waals surface area contributed by atoms with Gasteiger partial charge in [0.15, 0.2) is 5.76 Å². The molecule has 21 heavy (non-hydrogen) atoms. The molecule has 1 heterocycles. The van der Waals surface area contributed by atoms with Crippen molar-refractivity contribution in [3.05, 3.63) is 52.9 Å². The number of aromatic nitrogens is 1. The second kappa shape index (κ2) is 7.27. The molecule has 0 unspecified atom stereocenters. The predicted molar refractivity (Wildman–Crippen MR) is 77.4 cm³/mol. The number of carbonyl (C=O) groups excluding carboxylic acids is 1. The first-order chi connectivity index (χ1) is 10.2. The van der Waals surface area contributed by atoms with Crippen molar-refractivity contribution in [2.75, 3.05) is 6.61 Å². The van der Waals surface area contributed by atoms with Gasteiger partial charge in [-0.3, -0.25) is 4.79 Å². The van der Waals surface area contributed by atoms with Crippen LogP contribution in [0.5, 0.6) is 0 Å². The van der Waals surface area contributed by atoms with E-state index in [4.69, 9.17) is 9.63 Å². The van der Waals surface area contributed by atoms with Crippen molar-refractivity contribution < 1.29 is 14.4 Å². The third-order valence-corrected chi connectivity index (χ3v) is 2.69. The SMILES string of the molecule is Cc1cc(CNC(=O)c2cccc(C#CCCO)c2)on1. The minimum atomic E-state index is -0.199. The molecular formula is C16H16N2O3. The number of nitrogens with one attached hydrogen (secondary N) is 1. The van der Waals surface area contributed by atoms with E-state index in [2.05, 4.69) is 22.3 Å². The highest BCUT2D eigenvalue weighted by atomic mass is 16.5. The maximum absolute atomic E-state index is 12.0. The molecular weight excluding hydrogens is 268 g/mol. The van der Waals surface area contributed by atoms with E-state index in [0.717, 1.165) is 11.3 Å². The van der Waals surface area contributed by atoms with Gasteiger partial charge in [-0.2, -0.15) is 0 Å². The van der Waals surface area contributed by atoms with Crippen molar-refractivity contribution in [1.29, 1.82) is 0 Å². The average Bonchev–Trinajstić information content (AvgIpc) is 2.91. The number of carbonyl (C=O) groups is 1. The Bertz CT molecular complexity index is 680. The quantitative estimate of drug-likeness (QED) is 0.837. The summed E-state index contributed by atoms with van der Waals surface area (Å²) >= 11 is 0. The lowest BCUT2D eigenvalue weighted by Gasteiger charge is -2.03.